The summed E-state index contributed by atoms with van der Waals surface area (Å²) in [7, 11) is 1.61. The van der Waals surface area contributed by atoms with Crippen LogP contribution in [0.1, 0.15) is 40.5 Å². The van der Waals surface area contributed by atoms with Gasteiger partial charge in [-0.25, -0.2) is 4.39 Å². The summed E-state index contributed by atoms with van der Waals surface area (Å²) in [4.78, 5) is 0. The van der Waals surface area contributed by atoms with Gasteiger partial charge in [-0.2, -0.15) is 0 Å². The minimum atomic E-state index is -0.293. The number of nitrogens with two attached hydrogens (primary N) is 1. The summed E-state index contributed by atoms with van der Waals surface area (Å²) < 4.78 is 23.2. The number of nitrogen functional groups attached to an aromatic ring is 1. The van der Waals surface area contributed by atoms with Crippen LogP contribution in [0.2, 0.25) is 0 Å². The van der Waals surface area contributed by atoms with Crippen molar-refractivity contribution >= 4 is 17.1 Å². The molecule has 0 amide bonds. The molecule has 0 aliphatic carbocycles. The Kier molecular flexibility index (Phi) is 19.8. The van der Waals surface area contributed by atoms with Gasteiger partial charge in [0.15, 0.2) is 0 Å². The molecule has 0 aliphatic heterocycles. The van der Waals surface area contributed by atoms with Gasteiger partial charge < -0.3 is 20.5 Å². The van der Waals surface area contributed by atoms with Crippen LogP contribution in [0.4, 0.5) is 21.5 Å². The predicted octanol–water partition coefficient (Wildman–Crippen LogP) is 3.61. The van der Waals surface area contributed by atoms with E-state index >= 15 is 0 Å². The van der Waals surface area contributed by atoms with Crippen molar-refractivity contribution in [3.05, 3.63) is 53.6 Å². The van der Waals surface area contributed by atoms with E-state index in [4.69, 9.17) is 15.2 Å². The summed E-state index contributed by atoms with van der Waals surface area (Å²) in [5, 5.41) is 4.35. The van der Waals surface area contributed by atoms with Gasteiger partial charge in [-0.15, -0.1) is 11.4 Å². The van der Waals surface area contributed by atoms with Gasteiger partial charge in [0, 0.05) is 18.9 Å². The van der Waals surface area contributed by atoms with Crippen molar-refractivity contribution in [3.8, 4) is 5.75 Å². The number of ether oxygens (including phenoxy) is 2. The summed E-state index contributed by atoms with van der Waals surface area (Å²) >= 11 is 0. The normalized spacial score (nSPS) is 8.96. The van der Waals surface area contributed by atoms with E-state index in [-0.39, 0.29) is 57.2 Å². The van der Waals surface area contributed by atoms with Gasteiger partial charge in [0.1, 0.15) is 18.2 Å². The van der Waals surface area contributed by atoms with Crippen molar-refractivity contribution in [2.75, 3.05) is 26.1 Å². The Hall–Kier alpha value is -0.634. The third kappa shape index (κ3) is 13.2. The third-order valence-corrected chi connectivity index (χ3v) is 3.13. The molecule has 0 heterocycles. The van der Waals surface area contributed by atoms with E-state index in [0.29, 0.717) is 36.0 Å². The van der Waals surface area contributed by atoms with E-state index < -0.39 is 0 Å². The van der Waals surface area contributed by atoms with Crippen molar-refractivity contribution in [2.45, 2.75) is 40.5 Å². The first kappa shape index (κ1) is 28.6. The maximum absolute atomic E-state index is 12.8. The fraction of sp³-hybridized carbons (Fsp3) is 0.429. The number of halogens is 1. The van der Waals surface area contributed by atoms with E-state index in [1.165, 1.54) is 25.0 Å². The van der Waals surface area contributed by atoms with Crippen LogP contribution in [0.5, 0.6) is 5.75 Å². The molecule has 2 N–H and O–H groups in total. The van der Waals surface area contributed by atoms with Crippen LogP contribution in [-0.4, -0.2) is 20.3 Å². The Morgan fingerprint density at radius 3 is 2.04 bits per heavy atom. The Bertz CT molecular complexity index is 593. The molecule has 0 aliphatic rings. The van der Waals surface area contributed by atoms with Crippen LogP contribution in [-0.2, 0) is 4.74 Å². The number of rotatable bonds is 7. The second-order valence-corrected chi connectivity index (χ2v) is 5.15. The molecule has 4 nitrogen and oxygen atoms in total. The van der Waals surface area contributed by atoms with Gasteiger partial charge in [-0.3, -0.25) is 0 Å². The zero-order valence-electron chi connectivity index (χ0n) is 17.6. The van der Waals surface area contributed by atoms with Crippen molar-refractivity contribution in [3.63, 3.8) is 0 Å². The standard InChI is InChI=1S/C15H16FN2O2.C4H10.C2H6.K/c1-19-8-9-20-13-6-7-15(14(17)10-13)18-12-4-2-11(16)3-5-12;1-3-4-2;1-2;/h2-7,10H,8-9,17H2,1H3;3-4H2,1-2H3;1-2H3;/q-1;;;+1. The number of anilines is 1. The van der Waals surface area contributed by atoms with E-state index in [9.17, 15) is 4.39 Å². The molecular formula is C21H32FKN2O2. The largest absolute Gasteiger partial charge is 1.00 e. The predicted molar refractivity (Wildman–Crippen MR) is 109 cm³/mol. The quantitative estimate of drug-likeness (QED) is 0.437. The van der Waals surface area contributed by atoms with Crippen molar-refractivity contribution in [1.82, 2.24) is 0 Å². The molecule has 6 heteroatoms. The number of methoxy groups -OCH3 is 1. The number of nitrogens with zero attached hydrogens (tertiary/aromatic N) is 1. The number of benzene rings is 2. The van der Waals surface area contributed by atoms with Crippen LogP contribution >= 0.6 is 0 Å². The van der Waals surface area contributed by atoms with Crippen molar-refractivity contribution < 1.29 is 65.2 Å². The van der Waals surface area contributed by atoms with E-state index in [1.807, 2.05) is 13.8 Å². The first-order valence-corrected chi connectivity index (χ1v) is 9.09. The smallest absolute Gasteiger partial charge is 0.656 e. The molecule has 0 spiro atoms. The molecule has 0 atom stereocenters. The van der Waals surface area contributed by atoms with E-state index in [1.54, 1.807) is 37.4 Å². The summed E-state index contributed by atoms with van der Waals surface area (Å²) in [5.41, 5.74) is 7.69. The molecule has 2 aromatic rings. The Balaban J connectivity index is 0. The maximum Gasteiger partial charge on any atom is 1.00 e. The molecule has 146 valence electrons. The van der Waals surface area contributed by atoms with Gasteiger partial charge in [-0.1, -0.05) is 58.7 Å². The minimum Gasteiger partial charge on any atom is -0.656 e. The zero-order chi connectivity index (χ0) is 19.8. The SMILES string of the molecule is CC.CCCC.COCCOc1ccc([N-]c2ccc(F)cc2)c(N)c1.[K+]. The topological polar surface area (TPSA) is 58.6 Å². The monoisotopic (exact) mass is 402 g/mol. The van der Waals surface area contributed by atoms with Crippen molar-refractivity contribution in [2.24, 2.45) is 0 Å². The molecule has 0 unspecified atom stereocenters. The molecule has 0 bridgehead atoms. The number of hydrogen-bond acceptors (Lipinski definition) is 3. The fourth-order valence-corrected chi connectivity index (χ4v) is 1.62. The number of hydrogen-bond donors (Lipinski definition) is 1. The van der Waals surface area contributed by atoms with E-state index in [2.05, 4.69) is 19.2 Å². The molecule has 27 heavy (non-hydrogen) atoms. The molecule has 2 aromatic carbocycles. The third-order valence-electron chi connectivity index (χ3n) is 3.13. The van der Waals surface area contributed by atoms with Gasteiger partial charge in [0.05, 0.1) is 6.61 Å². The van der Waals surface area contributed by atoms with Crippen LogP contribution < -0.4 is 61.9 Å². The van der Waals surface area contributed by atoms with Crippen LogP contribution in [0, 0.1) is 5.82 Å². The van der Waals surface area contributed by atoms with Crippen LogP contribution in [0.15, 0.2) is 42.5 Å². The van der Waals surface area contributed by atoms with Gasteiger partial charge in [0.25, 0.3) is 0 Å². The average molecular weight is 403 g/mol. The van der Waals surface area contributed by atoms with Gasteiger partial charge in [-0.05, 0) is 18.2 Å². The molecule has 0 aromatic heterocycles. The molecule has 2 rings (SSSR count). The maximum atomic E-state index is 12.8. The fourth-order valence-electron chi connectivity index (χ4n) is 1.62. The molecule has 0 saturated heterocycles. The average Bonchev–Trinajstić information content (AvgIpc) is 2.67. The minimum absolute atomic E-state index is 0. The molecule has 0 saturated carbocycles. The number of unbranched alkanes of at least 4 members (excludes halogenated alkanes) is 1. The summed E-state index contributed by atoms with van der Waals surface area (Å²) in [6.07, 6.45) is 2.64. The zero-order valence-corrected chi connectivity index (χ0v) is 20.7. The summed E-state index contributed by atoms with van der Waals surface area (Å²) in [6, 6.07) is 11.2. The molecular weight excluding hydrogens is 370 g/mol. The second kappa shape index (κ2) is 18.7. The van der Waals surface area contributed by atoms with Crippen LogP contribution in [0.25, 0.3) is 5.32 Å². The Morgan fingerprint density at radius 1 is 0.963 bits per heavy atom. The van der Waals surface area contributed by atoms with E-state index in [0.717, 1.165) is 0 Å². The first-order chi connectivity index (χ1) is 12.6. The molecule has 0 radical (unpaired) electrons. The van der Waals surface area contributed by atoms with Crippen LogP contribution in [0.3, 0.4) is 0 Å². The van der Waals surface area contributed by atoms with Gasteiger partial charge >= 0.3 is 51.4 Å². The van der Waals surface area contributed by atoms with Gasteiger partial charge in [0.2, 0.25) is 0 Å². The van der Waals surface area contributed by atoms with Crippen molar-refractivity contribution in [1.29, 1.82) is 0 Å². The Morgan fingerprint density at radius 2 is 1.56 bits per heavy atom. The summed E-state index contributed by atoms with van der Waals surface area (Å²) in [5.74, 6) is 0.372. The second-order valence-electron chi connectivity index (χ2n) is 5.15. The first-order valence-electron chi connectivity index (χ1n) is 9.09. The summed E-state index contributed by atoms with van der Waals surface area (Å²) in [6.45, 7) is 9.34. The molecule has 0 fully saturated rings. The Labute approximate surface area is 206 Å².